The van der Waals surface area contributed by atoms with Crippen LogP contribution in [-0.2, 0) is 15.8 Å². The molecule has 6 nitrogen and oxygen atoms in total. The maximum Gasteiger partial charge on any atom is 0.218 e. The van der Waals surface area contributed by atoms with E-state index in [4.69, 9.17) is 0 Å². The van der Waals surface area contributed by atoms with Crippen LogP contribution in [0.1, 0.15) is 24.2 Å². The standard InChI is InChI=1S/C17H17N3O3S/c1-13(20-24(21,22)12-17-8-10-23-19-17)14-4-6-15(7-5-14)16-3-2-9-18-11-16/h2-11,13,20H,12H2,1H3/t13-/m1/s1. The van der Waals surface area contributed by atoms with E-state index in [2.05, 4.69) is 19.4 Å². The summed E-state index contributed by atoms with van der Waals surface area (Å²) in [5, 5.41) is 3.63. The Morgan fingerprint density at radius 1 is 1.12 bits per heavy atom. The average molecular weight is 343 g/mol. The molecule has 24 heavy (non-hydrogen) atoms. The number of sulfonamides is 1. The second kappa shape index (κ2) is 6.94. The Hall–Kier alpha value is -2.51. The van der Waals surface area contributed by atoms with Gasteiger partial charge in [0.2, 0.25) is 10.0 Å². The lowest BCUT2D eigenvalue weighted by Crippen LogP contribution is -2.28. The smallest absolute Gasteiger partial charge is 0.218 e. The molecule has 0 spiro atoms. The topological polar surface area (TPSA) is 85.1 Å². The number of rotatable bonds is 6. The van der Waals surface area contributed by atoms with Crippen molar-refractivity contribution in [2.45, 2.75) is 18.7 Å². The van der Waals surface area contributed by atoms with Gasteiger partial charge >= 0.3 is 0 Å². The zero-order valence-corrected chi connectivity index (χ0v) is 13.9. The third kappa shape index (κ3) is 4.06. The van der Waals surface area contributed by atoms with E-state index in [1.54, 1.807) is 19.3 Å². The monoisotopic (exact) mass is 343 g/mol. The lowest BCUT2D eigenvalue weighted by Gasteiger charge is -2.14. The summed E-state index contributed by atoms with van der Waals surface area (Å²) >= 11 is 0. The molecule has 0 radical (unpaired) electrons. The summed E-state index contributed by atoms with van der Waals surface area (Å²) in [6.07, 6.45) is 4.87. The lowest BCUT2D eigenvalue weighted by atomic mass is 10.0. The molecule has 0 aliphatic carbocycles. The third-order valence-corrected chi connectivity index (χ3v) is 4.98. The number of hydrogen-bond donors (Lipinski definition) is 1. The highest BCUT2D eigenvalue weighted by Gasteiger charge is 2.18. The predicted molar refractivity (Wildman–Crippen MR) is 90.4 cm³/mol. The maximum atomic E-state index is 12.2. The number of pyridine rings is 1. The molecule has 0 fully saturated rings. The molecule has 2 heterocycles. The molecule has 3 aromatic rings. The van der Waals surface area contributed by atoms with Crippen LogP contribution in [0.25, 0.3) is 11.1 Å². The second-order valence-corrected chi connectivity index (χ2v) is 7.21. The summed E-state index contributed by atoms with van der Waals surface area (Å²) in [5.74, 6) is -0.207. The molecule has 0 saturated heterocycles. The molecule has 0 unspecified atom stereocenters. The highest BCUT2D eigenvalue weighted by Crippen LogP contribution is 2.21. The first-order valence-corrected chi connectivity index (χ1v) is 9.08. The Balaban J connectivity index is 1.70. The number of hydrogen-bond acceptors (Lipinski definition) is 5. The van der Waals surface area contributed by atoms with Crippen molar-refractivity contribution in [2.75, 3.05) is 0 Å². The SMILES string of the molecule is C[C@@H](NS(=O)(=O)Cc1ccon1)c1ccc(-c2cccnc2)cc1. The van der Waals surface area contributed by atoms with Gasteiger partial charge in [0.1, 0.15) is 12.0 Å². The van der Waals surface area contributed by atoms with Crippen molar-refractivity contribution < 1.29 is 12.9 Å². The zero-order chi connectivity index (χ0) is 17.0. The van der Waals surface area contributed by atoms with Crippen LogP contribution in [-0.4, -0.2) is 18.6 Å². The van der Waals surface area contributed by atoms with Gasteiger partial charge in [-0.2, -0.15) is 0 Å². The van der Waals surface area contributed by atoms with Crippen molar-refractivity contribution in [1.29, 1.82) is 0 Å². The minimum atomic E-state index is -3.50. The van der Waals surface area contributed by atoms with Crippen LogP contribution in [0.5, 0.6) is 0 Å². The van der Waals surface area contributed by atoms with Crippen LogP contribution in [0.2, 0.25) is 0 Å². The van der Waals surface area contributed by atoms with Gasteiger partial charge in [-0.05, 0) is 29.7 Å². The molecule has 7 heteroatoms. The lowest BCUT2D eigenvalue weighted by molar-refractivity contribution is 0.413. The Morgan fingerprint density at radius 3 is 2.54 bits per heavy atom. The van der Waals surface area contributed by atoms with E-state index in [1.807, 2.05) is 36.4 Å². The molecule has 3 rings (SSSR count). The van der Waals surface area contributed by atoms with Crippen LogP contribution in [0.3, 0.4) is 0 Å². The van der Waals surface area contributed by atoms with Crippen molar-refractivity contribution in [3.8, 4) is 11.1 Å². The number of nitrogens with one attached hydrogen (secondary N) is 1. The molecule has 1 N–H and O–H groups in total. The van der Waals surface area contributed by atoms with Crippen molar-refractivity contribution in [3.05, 3.63) is 72.4 Å². The van der Waals surface area contributed by atoms with Gasteiger partial charge < -0.3 is 4.52 Å². The van der Waals surface area contributed by atoms with E-state index in [0.29, 0.717) is 5.69 Å². The second-order valence-electron chi connectivity index (χ2n) is 5.45. The molecule has 0 bridgehead atoms. The van der Waals surface area contributed by atoms with E-state index in [-0.39, 0.29) is 11.8 Å². The molecule has 124 valence electrons. The molecule has 1 aromatic carbocycles. The summed E-state index contributed by atoms with van der Waals surface area (Å²) in [6, 6.07) is 12.8. The molecular weight excluding hydrogens is 326 g/mol. The third-order valence-electron chi connectivity index (χ3n) is 3.59. The van der Waals surface area contributed by atoms with Crippen molar-refractivity contribution >= 4 is 10.0 Å². The summed E-state index contributed by atoms with van der Waals surface area (Å²) in [7, 11) is -3.50. The van der Waals surface area contributed by atoms with Gasteiger partial charge in [0.25, 0.3) is 0 Å². The first-order chi connectivity index (χ1) is 11.5. The molecule has 0 saturated carbocycles. The highest BCUT2D eigenvalue weighted by molar-refractivity contribution is 7.88. The fourth-order valence-corrected chi connectivity index (χ4v) is 3.68. The van der Waals surface area contributed by atoms with Gasteiger partial charge in [0, 0.05) is 24.5 Å². The van der Waals surface area contributed by atoms with Crippen molar-refractivity contribution in [1.82, 2.24) is 14.9 Å². The predicted octanol–water partition coefficient (Wildman–Crippen LogP) is 2.92. The van der Waals surface area contributed by atoms with Crippen LogP contribution >= 0.6 is 0 Å². The normalized spacial score (nSPS) is 12.9. The maximum absolute atomic E-state index is 12.2. The number of aromatic nitrogens is 2. The molecule has 1 atom stereocenters. The molecule has 0 amide bonds. The van der Waals surface area contributed by atoms with E-state index in [0.717, 1.165) is 16.7 Å². The van der Waals surface area contributed by atoms with E-state index < -0.39 is 10.0 Å². The number of nitrogens with zero attached hydrogens (tertiary/aromatic N) is 2. The van der Waals surface area contributed by atoms with Gasteiger partial charge in [0.15, 0.2) is 0 Å². The van der Waals surface area contributed by atoms with Crippen LogP contribution in [0, 0.1) is 0 Å². The van der Waals surface area contributed by atoms with Crippen LogP contribution in [0.4, 0.5) is 0 Å². The number of benzene rings is 1. The Morgan fingerprint density at radius 2 is 1.92 bits per heavy atom. The quantitative estimate of drug-likeness (QED) is 0.744. The summed E-state index contributed by atoms with van der Waals surface area (Å²) in [5.41, 5.74) is 3.31. The van der Waals surface area contributed by atoms with Crippen LogP contribution < -0.4 is 4.72 Å². The zero-order valence-electron chi connectivity index (χ0n) is 13.1. The summed E-state index contributed by atoms with van der Waals surface area (Å²) < 4.78 is 31.6. The van der Waals surface area contributed by atoms with Gasteiger partial charge in [-0.3, -0.25) is 4.98 Å². The van der Waals surface area contributed by atoms with Gasteiger partial charge in [-0.1, -0.05) is 35.5 Å². The highest BCUT2D eigenvalue weighted by atomic mass is 32.2. The van der Waals surface area contributed by atoms with Gasteiger partial charge in [-0.15, -0.1) is 0 Å². The van der Waals surface area contributed by atoms with Gasteiger partial charge in [-0.25, -0.2) is 13.1 Å². The van der Waals surface area contributed by atoms with Crippen molar-refractivity contribution in [3.63, 3.8) is 0 Å². The molecule has 0 aliphatic heterocycles. The van der Waals surface area contributed by atoms with Crippen molar-refractivity contribution in [2.24, 2.45) is 0 Å². The summed E-state index contributed by atoms with van der Waals surface area (Å²) in [6.45, 7) is 1.80. The van der Waals surface area contributed by atoms with Crippen LogP contribution in [0.15, 0.2) is 65.6 Å². The Bertz CT molecular complexity index is 877. The minimum Gasteiger partial charge on any atom is -0.364 e. The summed E-state index contributed by atoms with van der Waals surface area (Å²) in [4.78, 5) is 4.10. The Kier molecular flexibility index (Phi) is 4.73. The first-order valence-electron chi connectivity index (χ1n) is 7.43. The average Bonchev–Trinajstić information content (AvgIpc) is 3.07. The molecular formula is C17H17N3O3S. The molecule has 2 aromatic heterocycles. The van der Waals surface area contributed by atoms with Gasteiger partial charge in [0.05, 0.1) is 5.69 Å². The Labute approximate surface area is 140 Å². The largest absolute Gasteiger partial charge is 0.364 e. The van der Waals surface area contributed by atoms with E-state index in [1.165, 1.54) is 12.3 Å². The fraction of sp³-hybridized carbons (Fsp3) is 0.176. The van der Waals surface area contributed by atoms with E-state index in [9.17, 15) is 8.42 Å². The minimum absolute atomic E-state index is 0.207. The first kappa shape index (κ1) is 16.4. The van der Waals surface area contributed by atoms with E-state index >= 15 is 0 Å². The fourth-order valence-electron chi connectivity index (χ4n) is 2.38. The molecule has 0 aliphatic rings.